The molecule has 0 fully saturated rings. The minimum atomic E-state index is -0.459. The molecule has 7 heteroatoms. The van der Waals surface area contributed by atoms with Gasteiger partial charge < -0.3 is 5.32 Å². The molecule has 0 unspecified atom stereocenters. The van der Waals surface area contributed by atoms with E-state index in [0.29, 0.717) is 17.3 Å². The van der Waals surface area contributed by atoms with Gasteiger partial charge in [0.15, 0.2) is 0 Å². The van der Waals surface area contributed by atoms with E-state index in [1.165, 1.54) is 18.2 Å². The maximum absolute atomic E-state index is 10.7. The molecule has 5 nitrogen and oxygen atoms in total. The fourth-order valence-corrected chi connectivity index (χ4v) is 2.06. The van der Waals surface area contributed by atoms with Gasteiger partial charge in [-0.15, -0.1) is 0 Å². The molecule has 19 heavy (non-hydrogen) atoms. The first-order valence-corrected chi connectivity index (χ1v) is 6.52. The van der Waals surface area contributed by atoms with Crippen molar-refractivity contribution < 1.29 is 4.92 Å². The predicted octanol–water partition coefficient (Wildman–Crippen LogP) is 4.02. The second kappa shape index (κ2) is 5.99. The van der Waals surface area contributed by atoms with Gasteiger partial charge in [-0.1, -0.05) is 17.7 Å². The first kappa shape index (κ1) is 13.8. The van der Waals surface area contributed by atoms with E-state index in [9.17, 15) is 10.1 Å². The number of benzene rings is 1. The summed E-state index contributed by atoms with van der Waals surface area (Å²) in [4.78, 5) is 14.5. The highest BCUT2D eigenvalue weighted by atomic mass is 79.9. The smallest absolute Gasteiger partial charge is 0.271 e. The standard InChI is InChI=1S/C12H9BrClN3O2/c13-12-3-1-2-8(16-12)7-15-11-6-9(17(18)19)4-5-10(11)14/h1-6,15H,7H2. The van der Waals surface area contributed by atoms with Crippen LogP contribution in [-0.4, -0.2) is 9.91 Å². The SMILES string of the molecule is O=[N+]([O-])c1ccc(Cl)c(NCc2cccc(Br)n2)c1. The normalized spacial score (nSPS) is 10.2. The van der Waals surface area contributed by atoms with Crippen LogP contribution >= 0.6 is 27.5 Å². The van der Waals surface area contributed by atoms with Crippen LogP contribution in [-0.2, 0) is 6.54 Å². The topological polar surface area (TPSA) is 68.1 Å². The zero-order chi connectivity index (χ0) is 13.8. The summed E-state index contributed by atoms with van der Waals surface area (Å²) in [6.07, 6.45) is 0. The second-order valence-corrected chi connectivity index (χ2v) is 4.95. The molecule has 0 aliphatic heterocycles. The van der Waals surface area contributed by atoms with Gasteiger partial charge >= 0.3 is 0 Å². The number of halogens is 2. The fraction of sp³-hybridized carbons (Fsp3) is 0.0833. The maximum atomic E-state index is 10.7. The van der Waals surface area contributed by atoms with Crippen LogP contribution in [0.3, 0.4) is 0 Å². The molecule has 98 valence electrons. The predicted molar refractivity (Wildman–Crippen MR) is 77.4 cm³/mol. The third-order valence-corrected chi connectivity index (χ3v) is 3.16. The van der Waals surface area contributed by atoms with Crippen LogP contribution in [0.4, 0.5) is 11.4 Å². The van der Waals surface area contributed by atoms with Crippen LogP contribution in [0.2, 0.25) is 5.02 Å². The van der Waals surface area contributed by atoms with E-state index in [4.69, 9.17) is 11.6 Å². The van der Waals surface area contributed by atoms with Crippen LogP contribution in [0.5, 0.6) is 0 Å². The van der Waals surface area contributed by atoms with Gasteiger partial charge in [-0.25, -0.2) is 4.98 Å². The summed E-state index contributed by atoms with van der Waals surface area (Å²) in [5.41, 5.74) is 1.31. The summed E-state index contributed by atoms with van der Waals surface area (Å²) in [6, 6.07) is 9.80. The summed E-state index contributed by atoms with van der Waals surface area (Å²) in [5, 5.41) is 14.2. The third kappa shape index (κ3) is 3.65. The first-order chi connectivity index (χ1) is 9.06. The Kier molecular flexibility index (Phi) is 4.34. The Hall–Kier alpha value is -1.66. The fourth-order valence-electron chi connectivity index (χ4n) is 1.50. The third-order valence-electron chi connectivity index (χ3n) is 2.39. The molecule has 2 rings (SSSR count). The lowest BCUT2D eigenvalue weighted by Crippen LogP contribution is -2.02. The average Bonchev–Trinajstić information content (AvgIpc) is 2.37. The largest absolute Gasteiger partial charge is 0.378 e. The van der Waals surface area contributed by atoms with Crippen LogP contribution in [0, 0.1) is 10.1 Å². The van der Waals surface area contributed by atoms with Gasteiger partial charge in [0.25, 0.3) is 5.69 Å². The lowest BCUT2D eigenvalue weighted by Gasteiger charge is -2.08. The molecule has 1 heterocycles. The lowest BCUT2D eigenvalue weighted by atomic mass is 10.2. The summed E-state index contributed by atoms with van der Waals surface area (Å²) in [5.74, 6) is 0. The van der Waals surface area contributed by atoms with Crippen molar-refractivity contribution in [3.63, 3.8) is 0 Å². The van der Waals surface area contributed by atoms with Gasteiger partial charge in [-0.2, -0.15) is 0 Å². The molecular weight excluding hydrogens is 334 g/mol. The molecule has 2 aromatic rings. The van der Waals surface area contributed by atoms with E-state index >= 15 is 0 Å². The highest BCUT2D eigenvalue weighted by molar-refractivity contribution is 9.10. The highest BCUT2D eigenvalue weighted by Gasteiger charge is 2.09. The van der Waals surface area contributed by atoms with Gasteiger partial charge in [0, 0.05) is 12.1 Å². The number of rotatable bonds is 4. The van der Waals surface area contributed by atoms with Crippen molar-refractivity contribution in [3.8, 4) is 0 Å². The van der Waals surface area contributed by atoms with Gasteiger partial charge in [-0.05, 0) is 34.1 Å². The van der Waals surface area contributed by atoms with Crippen LogP contribution in [0.25, 0.3) is 0 Å². The molecular formula is C12H9BrClN3O2. The van der Waals surface area contributed by atoms with Crippen LogP contribution < -0.4 is 5.32 Å². The van der Waals surface area contributed by atoms with Crippen molar-refractivity contribution in [2.24, 2.45) is 0 Å². The number of nitrogens with zero attached hydrogens (tertiary/aromatic N) is 2. The number of pyridine rings is 1. The van der Waals surface area contributed by atoms with Crippen molar-refractivity contribution in [1.82, 2.24) is 4.98 Å². The Balaban J connectivity index is 2.15. The number of anilines is 1. The van der Waals surface area contributed by atoms with Gasteiger partial charge in [-0.3, -0.25) is 10.1 Å². The Morgan fingerprint density at radius 2 is 2.16 bits per heavy atom. The number of hydrogen-bond acceptors (Lipinski definition) is 4. The van der Waals surface area contributed by atoms with E-state index < -0.39 is 4.92 Å². The Morgan fingerprint density at radius 3 is 2.84 bits per heavy atom. The van der Waals surface area contributed by atoms with Gasteiger partial charge in [0.05, 0.1) is 27.9 Å². The second-order valence-electron chi connectivity index (χ2n) is 3.73. The van der Waals surface area contributed by atoms with E-state index in [2.05, 4.69) is 26.2 Å². The molecule has 0 aliphatic rings. The molecule has 0 aliphatic carbocycles. The molecule has 1 aromatic heterocycles. The number of nitro groups is 1. The number of nitrogens with one attached hydrogen (secondary N) is 1. The van der Waals surface area contributed by atoms with E-state index in [-0.39, 0.29) is 5.69 Å². The molecule has 0 atom stereocenters. The van der Waals surface area contributed by atoms with Gasteiger partial charge in [0.2, 0.25) is 0 Å². The molecule has 0 saturated heterocycles. The molecule has 1 aromatic carbocycles. The van der Waals surface area contributed by atoms with E-state index in [1.807, 2.05) is 18.2 Å². The molecule has 0 spiro atoms. The van der Waals surface area contributed by atoms with Crippen LogP contribution in [0.15, 0.2) is 41.0 Å². The summed E-state index contributed by atoms with van der Waals surface area (Å²) in [7, 11) is 0. The Morgan fingerprint density at radius 1 is 1.37 bits per heavy atom. The monoisotopic (exact) mass is 341 g/mol. The molecule has 0 saturated carbocycles. The van der Waals surface area contributed by atoms with Crippen molar-refractivity contribution in [1.29, 1.82) is 0 Å². The zero-order valence-corrected chi connectivity index (χ0v) is 12.0. The quantitative estimate of drug-likeness (QED) is 0.518. The maximum Gasteiger partial charge on any atom is 0.271 e. The minimum absolute atomic E-state index is 0.00546. The summed E-state index contributed by atoms with van der Waals surface area (Å²) < 4.78 is 0.733. The first-order valence-electron chi connectivity index (χ1n) is 5.35. The van der Waals surface area contributed by atoms with Crippen LogP contribution in [0.1, 0.15) is 5.69 Å². The highest BCUT2D eigenvalue weighted by Crippen LogP contribution is 2.27. The van der Waals surface area contributed by atoms with Gasteiger partial charge in [0.1, 0.15) is 4.60 Å². The Bertz CT molecular complexity index is 622. The minimum Gasteiger partial charge on any atom is -0.378 e. The molecule has 0 radical (unpaired) electrons. The zero-order valence-electron chi connectivity index (χ0n) is 9.64. The molecule has 0 bridgehead atoms. The number of nitro benzene ring substituents is 1. The van der Waals surface area contributed by atoms with E-state index in [0.717, 1.165) is 10.3 Å². The average molecular weight is 343 g/mol. The van der Waals surface area contributed by atoms with Crippen molar-refractivity contribution in [3.05, 3.63) is 61.8 Å². The summed E-state index contributed by atoms with van der Waals surface area (Å²) in [6.45, 7) is 0.431. The number of hydrogen-bond donors (Lipinski definition) is 1. The van der Waals surface area contributed by atoms with Crippen molar-refractivity contribution >= 4 is 38.9 Å². The molecule has 0 amide bonds. The molecule has 1 N–H and O–H groups in total. The van der Waals surface area contributed by atoms with E-state index in [1.54, 1.807) is 0 Å². The Labute approximate surface area is 122 Å². The lowest BCUT2D eigenvalue weighted by molar-refractivity contribution is -0.384. The number of non-ortho nitro benzene ring substituents is 1. The summed E-state index contributed by atoms with van der Waals surface area (Å²) >= 11 is 9.26. The van der Waals surface area contributed by atoms with Crippen molar-refractivity contribution in [2.45, 2.75) is 6.54 Å². The van der Waals surface area contributed by atoms with Crippen molar-refractivity contribution in [2.75, 3.05) is 5.32 Å². The number of aromatic nitrogens is 1.